The Bertz CT molecular complexity index is 1090. The second kappa shape index (κ2) is 8.52. The van der Waals surface area contributed by atoms with E-state index in [2.05, 4.69) is 53.9 Å². The first-order valence-corrected chi connectivity index (χ1v) is 12.2. The van der Waals surface area contributed by atoms with Crippen LogP contribution in [0.15, 0.2) is 47.8 Å². The van der Waals surface area contributed by atoms with E-state index < -0.39 is 0 Å². The number of nitrogens with zero attached hydrogens (tertiary/aromatic N) is 3. The summed E-state index contributed by atoms with van der Waals surface area (Å²) < 4.78 is 15.6. The molecule has 0 amide bonds. The van der Waals surface area contributed by atoms with Crippen molar-refractivity contribution in [3.8, 4) is 22.5 Å². The van der Waals surface area contributed by atoms with Crippen LogP contribution in [0.2, 0.25) is 0 Å². The van der Waals surface area contributed by atoms with E-state index in [9.17, 15) is 4.39 Å². The van der Waals surface area contributed by atoms with E-state index in [1.807, 2.05) is 25.6 Å². The van der Waals surface area contributed by atoms with Gasteiger partial charge in [-0.2, -0.15) is 0 Å². The highest BCUT2D eigenvalue weighted by Gasteiger charge is 2.37. The molecule has 0 bridgehead atoms. The zero-order valence-corrected chi connectivity index (χ0v) is 20.5. The van der Waals surface area contributed by atoms with Gasteiger partial charge in [0.2, 0.25) is 0 Å². The number of aromatic nitrogens is 3. The van der Waals surface area contributed by atoms with Crippen molar-refractivity contribution >= 4 is 17.6 Å². The average Bonchev–Trinajstić information content (AvgIpc) is 3.02. The van der Waals surface area contributed by atoms with Gasteiger partial charge in [0.15, 0.2) is 5.16 Å². The number of rotatable bonds is 5. The van der Waals surface area contributed by atoms with Crippen LogP contribution >= 0.6 is 11.8 Å². The zero-order chi connectivity index (χ0) is 23.1. The number of anilines is 1. The van der Waals surface area contributed by atoms with Gasteiger partial charge in [0.1, 0.15) is 11.6 Å². The van der Waals surface area contributed by atoms with Gasteiger partial charge in [-0.3, -0.25) is 0 Å². The van der Waals surface area contributed by atoms with E-state index in [-0.39, 0.29) is 16.9 Å². The van der Waals surface area contributed by atoms with Crippen molar-refractivity contribution in [2.75, 3.05) is 11.6 Å². The van der Waals surface area contributed by atoms with Crippen molar-refractivity contribution < 1.29 is 4.39 Å². The molecule has 2 N–H and O–H groups in total. The molecule has 7 heteroatoms. The predicted molar refractivity (Wildman–Crippen MR) is 132 cm³/mol. The minimum Gasteiger partial charge on any atom is -0.367 e. The first-order valence-electron chi connectivity index (χ1n) is 11.0. The second-order valence-electron chi connectivity index (χ2n) is 9.93. The zero-order valence-electron chi connectivity index (χ0n) is 19.7. The fourth-order valence-electron chi connectivity index (χ4n) is 5.09. The number of hydrogen-bond donors (Lipinski definition) is 2. The van der Waals surface area contributed by atoms with Crippen molar-refractivity contribution in [1.82, 2.24) is 19.9 Å². The van der Waals surface area contributed by atoms with Gasteiger partial charge < -0.3 is 15.2 Å². The number of nitrogens with one attached hydrogen (secondary N) is 2. The highest BCUT2D eigenvalue weighted by molar-refractivity contribution is 7.98. The molecule has 1 fully saturated rings. The summed E-state index contributed by atoms with van der Waals surface area (Å²) in [6.45, 7) is 9.00. The maximum atomic E-state index is 13.5. The molecule has 4 rings (SSSR count). The average molecular weight is 454 g/mol. The highest BCUT2D eigenvalue weighted by Crippen LogP contribution is 2.36. The SMILES string of the molecule is CSc1nc(-c2ccc(F)cc2)c(-c2ccnc(NC3CC(C)(C)NC(C)(C)C3)c2)n1C. The molecule has 0 atom stereocenters. The Morgan fingerprint density at radius 1 is 1.06 bits per heavy atom. The molecule has 32 heavy (non-hydrogen) atoms. The number of pyridine rings is 1. The summed E-state index contributed by atoms with van der Waals surface area (Å²) in [6.07, 6.45) is 5.90. The normalized spacial score (nSPS) is 18.0. The van der Waals surface area contributed by atoms with Crippen LogP contribution in [0.25, 0.3) is 22.5 Å². The summed E-state index contributed by atoms with van der Waals surface area (Å²) in [6, 6.07) is 11.0. The van der Waals surface area contributed by atoms with Gasteiger partial charge >= 0.3 is 0 Å². The molecular formula is C25H32FN5S. The van der Waals surface area contributed by atoms with Crippen LogP contribution in [0.3, 0.4) is 0 Å². The Kier molecular flexibility index (Phi) is 6.07. The molecule has 0 saturated carbocycles. The molecule has 0 unspecified atom stereocenters. The number of piperidine rings is 1. The van der Waals surface area contributed by atoms with Crippen LogP contribution in [-0.2, 0) is 7.05 Å². The second-order valence-corrected chi connectivity index (χ2v) is 10.7. The van der Waals surface area contributed by atoms with E-state index in [0.29, 0.717) is 6.04 Å². The first kappa shape index (κ1) is 22.8. The van der Waals surface area contributed by atoms with E-state index >= 15 is 0 Å². The molecule has 0 spiro atoms. The number of benzene rings is 1. The van der Waals surface area contributed by atoms with Crippen LogP contribution in [0.5, 0.6) is 0 Å². The molecule has 1 saturated heterocycles. The fraction of sp³-hybridized carbons (Fsp3) is 0.440. The van der Waals surface area contributed by atoms with E-state index in [1.54, 1.807) is 23.9 Å². The topological polar surface area (TPSA) is 54.8 Å². The molecular weight excluding hydrogens is 421 g/mol. The van der Waals surface area contributed by atoms with Crippen LogP contribution < -0.4 is 10.6 Å². The largest absolute Gasteiger partial charge is 0.367 e. The molecule has 0 aliphatic carbocycles. The third-order valence-corrected chi connectivity index (χ3v) is 6.66. The van der Waals surface area contributed by atoms with Crippen molar-refractivity contribution in [3.05, 3.63) is 48.4 Å². The molecule has 1 aliphatic heterocycles. The Morgan fingerprint density at radius 2 is 1.72 bits per heavy atom. The lowest BCUT2D eigenvalue weighted by atomic mass is 9.79. The molecule has 2 aromatic heterocycles. The third kappa shape index (κ3) is 4.84. The number of halogens is 1. The molecule has 1 aromatic carbocycles. The Balaban J connectivity index is 1.69. The van der Waals surface area contributed by atoms with Crippen molar-refractivity contribution in [3.63, 3.8) is 0 Å². The Morgan fingerprint density at radius 3 is 2.34 bits per heavy atom. The van der Waals surface area contributed by atoms with E-state index in [1.165, 1.54) is 12.1 Å². The standard InChI is InChI=1S/C25H32FN5S/c1-24(2)14-19(15-25(3,4)30-24)28-20-13-17(11-12-27-20)22-21(29-23(32-6)31(22)5)16-7-9-18(26)10-8-16/h7-13,19,30H,14-15H2,1-6H3,(H,27,28). The van der Waals surface area contributed by atoms with Crippen molar-refractivity contribution in [2.24, 2.45) is 7.05 Å². The molecule has 5 nitrogen and oxygen atoms in total. The summed E-state index contributed by atoms with van der Waals surface area (Å²) in [5, 5.41) is 8.31. The Labute approximate surface area is 194 Å². The molecule has 1 aliphatic rings. The van der Waals surface area contributed by atoms with Gasteiger partial charge in [-0.05, 0) is 83.2 Å². The van der Waals surface area contributed by atoms with Gasteiger partial charge in [0.25, 0.3) is 0 Å². The van der Waals surface area contributed by atoms with Crippen molar-refractivity contribution in [2.45, 2.75) is 62.8 Å². The van der Waals surface area contributed by atoms with Gasteiger partial charge in [0, 0.05) is 41.5 Å². The molecule has 3 heterocycles. The monoisotopic (exact) mass is 453 g/mol. The summed E-state index contributed by atoms with van der Waals surface area (Å²) in [5.41, 5.74) is 3.88. The van der Waals surface area contributed by atoms with Gasteiger partial charge in [-0.1, -0.05) is 11.8 Å². The lowest BCUT2D eigenvalue weighted by molar-refractivity contribution is 0.170. The molecule has 3 aromatic rings. The quantitative estimate of drug-likeness (QED) is 0.483. The fourth-order valence-corrected chi connectivity index (χ4v) is 5.64. The number of hydrogen-bond acceptors (Lipinski definition) is 5. The van der Waals surface area contributed by atoms with Gasteiger partial charge in [-0.15, -0.1) is 0 Å². The maximum absolute atomic E-state index is 13.5. The molecule has 0 radical (unpaired) electrons. The van der Waals surface area contributed by atoms with Crippen LogP contribution in [0.1, 0.15) is 40.5 Å². The van der Waals surface area contributed by atoms with Gasteiger partial charge in [0.05, 0.1) is 11.4 Å². The minimum absolute atomic E-state index is 0.0576. The first-order chi connectivity index (χ1) is 15.1. The van der Waals surface area contributed by atoms with Crippen LogP contribution in [0.4, 0.5) is 10.2 Å². The molecule has 170 valence electrons. The summed E-state index contributed by atoms with van der Waals surface area (Å²) in [5.74, 6) is 0.609. The minimum atomic E-state index is -0.250. The number of imidazole rings is 1. The van der Waals surface area contributed by atoms with E-state index in [4.69, 9.17) is 4.98 Å². The Hall–Kier alpha value is -2.38. The van der Waals surface area contributed by atoms with Crippen molar-refractivity contribution in [1.29, 1.82) is 0 Å². The summed E-state index contributed by atoms with van der Waals surface area (Å²) >= 11 is 1.59. The maximum Gasteiger partial charge on any atom is 0.168 e. The van der Waals surface area contributed by atoms with E-state index in [0.717, 1.165) is 46.3 Å². The lowest BCUT2D eigenvalue weighted by Gasteiger charge is -2.46. The van der Waals surface area contributed by atoms with Crippen LogP contribution in [0, 0.1) is 5.82 Å². The van der Waals surface area contributed by atoms with Crippen LogP contribution in [-0.4, -0.2) is 37.9 Å². The highest BCUT2D eigenvalue weighted by atomic mass is 32.2. The summed E-state index contributed by atoms with van der Waals surface area (Å²) in [7, 11) is 2.02. The summed E-state index contributed by atoms with van der Waals surface area (Å²) in [4.78, 5) is 9.45. The van der Waals surface area contributed by atoms with Gasteiger partial charge in [-0.25, -0.2) is 14.4 Å². The predicted octanol–water partition coefficient (Wildman–Crippen LogP) is 5.73. The lowest BCUT2D eigenvalue weighted by Crippen LogP contribution is -2.60. The number of thioether (sulfide) groups is 1. The third-order valence-electron chi connectivity index (χ3n) is 5.93. The smallest absolute Gasteiger partial charge is 0.168 e.